The van der Waals surface area contributed by atoms with Crippen LogP contribution in [0.5, 0.6) is 0 Å². The van der Waals surface area contributed by atoms with E-state index in [4.69, 9.17) is 9.66 Å². The highest BCUT2D eigenvalue weighted by molar-refractivity contribution is 7.85. The highest BCUT2D eigenvalue weighted by atomic mass is 32.2. The number of hydrogen-bond donors (Lipinski definition) is 2. The summed E-state index contributed by atoms with van der Waals surface area (Å²) in [5.41, 5.74) is 3.79. The lowest BCUT2D eigenvalue weighted by Gasteiger charge is -2.04. The molecule has 0 aliphatic rings. The molecule has 1 rings (SSSR count). The van der Waals surface area contributed by atoms with Gasteiger partial charge in [-0.3, -0.25) is 9.35 Å². The third kappa shape index (κ3) is 11.4. The molecule has 0 unspecified atom stereocenters. The molecule has 2 N–H and O–H groups in total. The topological polar surface area (TPSA) is 91.7 Å². The van der Waals surface area contributed by atoms with E-state index in [0.717, 1.165) is 12.8 Å². The van der Waals surface area contributed by atoms with Gasteiger partial charge in [-0.25, -0.2) is 0 Å². The number of carbonyl (C=O) groups is 1. The van der Waals surface area contributed by atoms with Gasteiger partial charge in [0.25, 0.3) is 10.1 Å². The van der Waals surface area contributed by atoms with Crippen molar-refractivity contribution in [1.82, 2.24) is 0 Å². The zero-order valence-corrected chi connectivity index (χ0v) is 12.2. The van der Waals surface area contributed by atoms with E-state index in [1.54, 1.807) is 0 Å². The van der Waals surface area contributed by atoms with Crippen molar-refractivity contribution in [3.8, 4) is 0 Å². The van der Waals surface area contributed by atoms with Crippen molar-refractivity contribution in [2.75, 3.05) is 6.26 Å². The van der Waals surface area contributed by atoms with Crippen LogP contribution in [0.2, 0.25) is 0 Å². The molecule has 0 radical (unpaired) electrons. The van der Waals surface area contributed by atoms with E-state index in [0.29, 0.717) is 6.26 Å². The van der Waals surface area contributed by atoms with Crippen molar-refractivity contribution in [1.29, 1.82) is 0 Å². The molecule has 5 nitrogen and oxygen atoms in total. The van der Waals surface area contributed by atoms with Crippen molar-refractivity contribution >= 4 is 16.1 Å². The van der Waals surface area contributed by atoms with Gasteiger partial charge < -0.3 is 5.11 Å². The summed E-state index contributed by atoms with van der Waals surface area (Å²) in [4.78, 5) is 10.3. The molecule has 0 saturated heterocycles. The molecule has 0 amide bonds. The number of carboxylic acid groups (broad SMARTS) is 1. The zero-order chi connectivity index (χ0) is 15.1. The molecule has 108 valence electrons. The van der Waals surface area contributed by atoms with E-state index in [1.807, 2.05) is 0 Å². The third-order valence-electron chi connectivity index (χ3n) is 2.43. The summed E-state index contributed by atoms with van der Waals surface area (Å²) in [6.07, 6.45) is 2.55. The SMILES string of the molecule is CS(=O)(=O)O.Cc1ccc(CCCC(=O)O)cc1C. The van der Waals surface area contributed by atoms with Crippen LogP contribution in [0.25, 0.3) is 0 Å². The highest BCUT2D eigenvalue weighted by Gasteiger charge is 1.99. The van der Waals surface area contributed by atoms with Crippen molar-refractivity contribution < 1.29 is 22.9 Å². The first-order valence-corrected chi connectivity index (χ1v) is 7.65. The Kier molecular flexibility index (Phi) is 7.33. The summed E-state index contributed by atoms with van der Waals surface area (Å²) in [7, 11) is -3.67. The van der Waals surface area contributed by atoms with Crippen LogP contribution in [0.4, 0.5) is 0 Å². The maximum Gasteiger partial charge on any atom is 0.303 e. The molecule has 6 heteroatoms. The molecule has 1 aromatic carbocycles. The van der Waals surface area contributed by atoms with E-state index in [-0.39, 0.29) is 6.42 Å². The fourth-order valence-electron chi connectivity index (χ4n) is 1.40. The standard InChI is InChI=1S/C12H16O2.CH4O3S/c1-9-6-7-11(8-10(9)2)4-3-5-12(13)14;1-5(2,3)4/h6-8H,3-5H2,1-2H3,(H,13,14);1H3,(H,2,3,4). The Morgan fingerprint density at radius 2 is 1.74 bits per heavy atom. The third-order valence-corrected chi connectivity index (χ3v) is 2.43. The summed E-state index contributed by atoms with van der Waals surface area (Å²) in [5.74, 6) is -0.714. The zero-order valence-electron chi connectivity index (χ0n) is 11.4. The summed E-state index contributed by atoms with van der Waals surface area (Å²) >= 11 is 0. The Labute approximate surface area is 114 Å². The lowest BCUT2D eigenvalue weighted by atomic mass is 10.0. The van der Waals surface area contributed by atoms with Gasteiger partial charge in [0.15, 0.2) is 0 Å². The number of hydrogen-bond acceptors (Lipinski definition) is 3. The van der Waals surface area contributed by atoms with Crippen LogP contribution in [-0.4, -0.2) is 30.3 Å². The lowest BCUT2D eigenvalue weighted by molar-refractivity contribution is -0.137. The van der Waals surface area contributed by atoms with E-state index in [1.165, 1.54) is 16.7 Å². The van der Waals surface area contributed by atoms with Crippen LogP contribution < -0.4 is 0 Å². The van der Waals surface area contributed by atoms with Crippen molar-refractivity contribution in [3.63, 3.8) is 0 Å². The van der Waals surface area contributed by atoms with Gasteiger partial charge in [0.1, 0.15) is 0 Å². The molecule has 0 fully saturated rings. The summed E-state index contributed by atoms with van der Waals surface area (Å²) < 4.78 is 25.9. The van der Waals surface area contributed by atoms with Gasteiger partial charge in [-0.1, -0.05) is 18.2 Å². The second kappa shape index (κ2) is 7.91. The Morgan fingerprint density at radius 1 is 1.21 bits per heavy atom. The molecule has 0 heterocycles. The molecule has 0 bridgehead atoms. The largest absolute Gasteiger partial charge is 0.481 e. The normalized spacial score (nSPS) is 10.5. The van der Waals surface area contributed by atoms with Crippen LogP contribution in [0.1, 0.15) is 29.5 Å². The molecule has 0 aliphatic carbocycles. The highest BCUT2D eigenvalue weighted by Crippen LogP contribution is 2.12. The quantitative estimate of drug-likeness (QED) is 0.829. The van der Waals surface area contributed by atoms with Crippen LogP contribution in [0.3, 0.4) is 0 Å². The predicted molar refractivity (Wildman–Crippen MR) is 74.0 cm³/mol. The summed E-state index contributed by atoms with van der Waals surface area (Å²) in [6, 6.07) is 6.30. The average molecular weight is 288 g/mol. The second-order valence-electron chi connectivity index (χ2n) is 4.40. The number of aliphatic carboxylic acids is 1. The molecule has 0 aliphatic heterocycles. The Balaban J connectivity index is 0.000000555. The summed E-state index contributed by atoms with van der Waals surface area (Å²) in [6.45, 7) is 4.16. The Hall–Kier alpha value is -1.40. The first kappa shape index (κ1) is 17.6. The van der Waals surface area contributed by atoms with Gasteiger partial charge in [-0.2, -0.15) is 8.42 Å². The number of carboxylic acids is 1. The maximum atomic E-state index is 10.3. The van der Waals surface area contributed by atoms with Crippen molar-refractivity contribution in [2.24, 2.45) is 0 Å². The van der Waals surface area contributed by atoms with Gasteiger partial charge in [-0.05, 0) is 43.4 Å². The first-order chi connectivity index (χ1) is 8.59. The van der Waals surface area contributed by atoms with E-state index in [2.05, 4.69) is 32.0 Å². The van der Waals surface area contributed by atoms with Crippen LogP contribution >= 0.6 is 0 Å². The number of aryl methyl sites for hydroxylation is 3. The fourth-order valence-corrected chi connectivity index (χ4v) is 1.40. The van der Waals surface area contributed by atoms with Crippen LogP contribution in [0.15, 0.2) is 18.2 Å². The monoisotopic (exact) mass is 288 g/mol. The predicted octanol–water partition coefficient (Wildman–Crippen LogP) is 2.21. The Bertz CT molecular complexity index is 512. The van der Waals surface area contributed by atoms with Gasteiger partial charge in [-0.15, -0.1) is 0 Å². The minimum absolute atomic E-state index is 0.257. The minimum atomic E-state index is -3.67. The number of rotatable bonds is 4. The average Bonchev–Trinajstić information content (AvgIpc) is 2.20. The number of benzene rings is 1. The lowest BCUT2D eigenvalue weighted by Crippen LogP contribution is -1.96. The molecule has 1 aromatic rings. The van der Waals surface area contributed by atoms with Crippen LogP contribution in [-0.2, 0) is 21.3 Å². The molecule has 0 saturated carbocycles. The van der Waals surface area contributed by atoms with Crippen molar-refractivity contribution in [3.05, 3.63) is 34.9 Å². The van der Waals surface area contributed by atoms with E-state index >= 15 is 0 Å². The van der Waals surface area contributed by atoms with Crippen LogP contribution in [0, 0.1) is 13.8 Å². The van der Waals surface area contributed by atoms with E-state index < -0.39 is 16.1 Å². The second-order valence-corrected chi connectivity index (χ2v) is 5.86. The minimum Gasteiger partial charge on any atom is -0.481 e. The Morgan fingerprint density at radius 3 is 2.16 bits per heavy atom. The van der Waals surface area contributed by atoms with Gasteiger partial charge in [0.05, 0.1) is 6.26 Å². The van der Waals surface area contributed by atoms with Gasteiger partial charge in [0.2, 0.25) is 0 Å². The fraction of sp³-hybridized carbons (Fsp3) is 0.462. The van der Waals surface area contributed by atoms with E-state index in [9.17, 15) is 13.2 Å². The summed E-state index contributed by atoms with van der Waals surface area (Å²) in [5, 5.41) is 8.49. The molecule has 0 aromatic heterocycles. The van der Waals surface area contributed by atoms with Gasteiger partial charge >= 0.3 is 5.97 Å². The molecule has 0 spiro atoms. The van der Waals surface area contributed by atoms with Crippen molar-refractivity contribution in [2.45, 2.75) is 33.1 Å². The molecular formula is C13H20O5S. The first-order valence-electron chi connectivity index (χ1n) is 5.80. The van der Waals surface area contributed by atoms with Gasteiger partial charge in [0, 0.05) is 6.42 Å². The smallest absolute Gasteiger partial charge is 0.303 e. The maximum absolute atomic E-state index is 10.3. The molecule has 0 atom stereocenters. The molecule has 19 heavy (non-hydrogen) atoms. The molecular weight excluding hydrogens is 268 g/mol.